The third kappa shape index (κ3) is 4.59. The molecule has 2 rings (SSSR count). The molecular formula is C13H17F3N4O. The number of hydrogen-bond acceptors (Lipinski definition) is 4. The number of alkyl halides is 3. The molecule has 0 bridgehead atoms. The molecule has 0 aliphatic heterocycles. The molecule has 0 amide bonds. The van der Waals surface area contributed by atoms with E-state index in [-0.39, 0.29) is 12.1 Å². The van der Waals surface area contributed by atoms with Crippen LogP contribution >= 0.6 is 0 Å². The van der Waals surface area contributed by atoms with E-state index < -0.39 is 11.9 Å². The normalized spacial score (nSPS) is 12.9. The van der Waals surface area contributed by atoms with Gasteiger partial charge < -0.3 is 9.84 Å². The van der Waals surface area contributed by atoms with Gasteiger partial charge in [0.15, 0.2) is 11.5 Å². The van der Waals surface area contributed by atoms with Crippen LogP contribution in [0.4, 0.5) is 13.2 Å². The molecule has 0 spiro atoms. The van der Waals surface area contributed by atoms with E-state index in [0.29, 0.717) is 18.0 Å². The number of nitrogens with one attached hydrogen (secondary N) is 1. The Morgan fingerprint density at radius 3 is 2.57 bits per heavy atom. The first-order chi connectivity index (χ1) is 9.63. The smallest absolute Gasteiger partial charge is 0.359 e. The predicted octanol–water partition coefficient (Wildman–Crippen LogP) is 2.83. The molecule has 8 heteroatoms. The number of rotatable bonds is 4. The zero-order valence-corrected chi connectivity index (χ0v) is 12.0. The lowest BCUT2D eigenvalue weighted by Gasteiger charge is -2.19. The van der Waals surface area contributed by atoms with Gasteiger partial charge in [-0.25, -0.2) is 0 Å². The van der Waals surface area contributed by atoms with Crippen LogP contribution in [0, 0.1) is 0 Å². The fourth-order valence-electron chi connectivity index (χ4n) is 1.63. The van der Waals surface area contributed by atoms with E-state index >= 15 is 0 Å². The summed E-state index contributed by atoms with van der Waals surface area (Å²) in [6.45, 7) is 6.71. The molecule has 21 heavy (non-hydrogen) atoms. The molecular weight excluding hydrogens is 285 g/mol. The monoisotopic (exact) mass is 302 g/mol. The molecule has 0 aromatic carbocycles. The average molecular weight is 302 g/mol. The van der Waals surface area contributed by atoms with Crippen LogP contribution in [0.1, 0.15) is 37.9 Å². The number of halogens is 3. The second-order valence-electron chi connectivity index (χ2n) is 5.78. The maximum Gasteiger partial charge on any atom is 0.435 e. The summed E-state index contributed by atoms with van der Waals surface area (Å²) >= 11 is 0. The molecule has 0 unspecified atom stereocenters. The Morgan fingerprint density at radius 1 is 1.29 bits per heavy atom. The van der Waals surface area contributed by atoms with E-state index in [1.54, 1.807) is 6.07 Å². The SMILES string of the molecule is CC(C)(C)NCc1cc(Cn2ccc(C(F)(F)F)n2)on1. The molecule has 0 aliphatic rings. The summed E-state index contributed by atoms with van der Waals surface area (Å²) < 4.78 is 43.6. The zero-order valence-electron chi connectivity index (χ0n) is 12.0. The lowest BCUT2D eigenvalue weighted by atomic mass is 10.1. The Kier molecular flexibility index (Phi) is 4.08. The third-order valence-electron chi connectivity index (χ3n) is 2.66. The average Bonchev–Trinajstić information content (AvgIpc) is 2.94. The van der Waals surface area contributed by atoms with Crippen molar-refractivity contribution < 1.29 is 17.7 Å². The summed E-state index contributed by atoms with van der Waals surface area (Å²) in [4.78, 5) is 0. The van der Waals surface area contributed by atoms with Gasteiger partial charge in [-0.2, -0.15) is 18.3 Å². The molecule has 2 aromatic rings. The highest BCUT2D eigenvalue weighted by atomic mass is 19.4. The molecule has 0 atom stereocenters. The highest BCUT2D eigenvalue weighted by Gasteiger charge is 2.33. The first-order valence-corrected chi connectivity index (χ1v) is 6.44. The maximum absolute atomic E-state index is 12.4. The van der Waals surface area contributed by atoms with Crippen molar-refractivity contribution in [2.75, 3.05) is 0 Å². The largest absolute Gasteiger partial charge is 0.435 e. The van der Waals surface area contributed by atoms with Gasteiger partial charge in [-0.05, 0) is 26.8 Å². The predicted molar refractivity (Wildman–Crippen MR) is 69.4 cm³/mol. The van der Waals surface area contributed by atoms with E-state index in [4.69, 9.17) is 4.52 Å². The van der Waals surface area contributed by atoms with Gasteiger partial charge in [0.1, 0.15) is 6.54 Å². The van der Waals surface area contributed by atoms with Gasteiger partial charge in [0.05, 0.1) is 5.69 Å². The van der Waals surface area contributed by atoms with E-state index in [1.165, 1.54) is 10.9 Å². The number of nitrogens with zero attached hydrogens (tertiary/aromatic N) is 3. The van der Waals surface area contributed by atoms with Crippen LogP contribution in [-0.4, -0.2) is 20.5 Å². The number of hydrogen-bond donors (Lipinski definition) is 1. The van der Waals surface area contributed by atoms with Crippen molar-refractivity contribution in [3.8, 4) is 0 Å². The Balaban J connectivity index is 1.98. The Hall–Kier alpha value is -1.83. The highest BCUT2D eigenvalue weighted by molar-refractivity contribution is 5.08. The van der Waals surface area contributed by atoms with Crippen LogP contribution in [0.3, 0.4) is 0 Å². The minimum atomic E-state index is -4.44. The summed E-state index contributed by atoms with van der Waals surface area (Å²) in [5.74, 6) is 0.456. The van der Waals surface area contributed by atoms with Gasteiger partial charge in [0.2, 0.25) is 0 Å². The topological polar surface area (TPSA) is 55.9 Å². The lowest BCUT2D eigenvalue weighted by molar-refractivity contribution is -0.141. The molecule has 0 fully saturated rings. The van der Waals surface area contributed by atoms with E-state index in [2.05, 4.69) is 15.6 Å². The number of aromatic nitrogens is 3. The summed E-state index contributed by atoms with van der Waals surface area (Å²) in [7, 11) is 0. The maximum atomic E-state index is 12.4. The zero-order chi connectivity index (χ0) is 15.7. The molecule has 1 N–H and O–H groups in total. The van der Waals surface area contributed by atoms with Gasteiger partial charge in [-0.3, -0.25) is 4.68 Å². The highest BCUT2D eigenvalue weighted by Crippen LogP contribution is 2.27. The van der Waals surface area contributed by atoms with Crippen molar-refractivity contribution >= 4 is 0 Å². The van der Waals surface area contributed by atoms with Gasteiger partial charge >= 0.3 is 6.18 Å². The van der Waals surface area contributed by atoms with Gasteiger partial charge in [-0.1, -0.05) is 5.16 Å². The van der Waals surface area contributed by atoms with Gasteiger partial charge in [-0.15, -0.1) is 0 Å². The van der Waals surface area contributed by atoms with Crippen molar-refractivity contribution in [3.05, 3.63) is 35.5 Å². The van der Waals surface area contributed by atoms with E-state index in [1.807, 2.05) is 20.8 Å². The lowest BCUT2D eigenvalue weighted by Crippen LogP contribution is -2.35. The molecule has 116 valence electrons. The molecule has 2 aromatic heterocycles. The van der Waals surface area contributed by atoms with Crippen molar-refractivity contribution in [2.45, 2.75) is 45.6 Å². The van der Waals surface area contributed by atoms with Gasteiger partial charge in [0.25, 0.3) is 0 Å². The Labute approximate surface area is 120 Å². The van der Waals surface area contributed by atoms with Gasteiger partial charge in [0, 0.05) is 24.3 Å². The van der Waals surface area contributed by atoms with Crippen LogP contribution in [0.2, 0.25) is 0 Å². The molecule has 0 aliphatic carbocycles. The fraction of sp³-hybridized carbons (Fsp3) is 0.538. The van der Waals surface area contributed by atoms with Crippen LogP contribution in [0.5, 0.6) is 0 Å². The molecule has 5 nitrogen and oxygen atoms in total. The fourth-order valence-corrected chi connectivity index (χ4v) is 1.63. The first-order valence-electron chi connectivity index (χ1n) is 6.44. The third-order valence-corrected chi connectivity index (χ3v) is 2.66. The van der Waals surface area contributed by atoms with Crippen molar-refractivity contribution in [2.24, 2.45) is 0 Å². The minimum absolute atomic E-state index is 0.0529. The summed E-state index contributed by atoms with van der Waals surface area (Å²) in [5.41, 5.74) is -0.275. The molecule has 0 saturated carbocycles. The second kappa shape index (κ2) is 5.51. The van der Waals surface area contributed by atoms with E-state index in [9.17, 15) is 13.2 Å². The van der Waals surface area contributed by atoms with E-state index in [0.717, 1.165) is 6.07 Å². The van der Waals surface area contributed by atoms with Crippen LogP contribution in [-0.2, 0) is 19.3 Å². The van der Waals surface area contributed by atoms with Crippen molar-refractivity contribution in [1.82, 2.24) is 20.3 Å². The minimum Gasteiger partial charge on any atom is -0.359 e. The Bertz CT molecular complexity index is 595. The van der Waals surface area contributed by atoms with Crippen molar-refractivity contribution in [3.63, 3.8) is 0 Å². The quantitative estimate of drug-likeness (QED) is 0.943. The first kappa shape index (κ1) is 15.6. The van der Waals surface area contributed by atoms with Crippen LogP contribution in [0.15, 0.2) is 22.9 Å². The summed E-state index contributed by atoms with van der Waals surface area (Å²) in [5, 5.41) is 10.6. The molecule has 0 saturated heterocycles. The van der Waals surface area contributed by atoms with Crippen LogP contribution < -0.4 is 5.32 Å². The molecule has 2 heterocycles. The second-order valence-corrected chi connectivity index (χ2v) is 5.78. The summed E-state index contributed by atoms with van der Waals surface area (Å²) in [6.07, 6.45) is -3.17. The molecule has 0 radical (unpaired) electrons. The van der Waals surface area contributed by atoms with Crippen LogP contribution in [0.25, 0.3) is 0 Å². The summed E-state index contributed by atoms with van der Waals surface area (Å²) in [6, 6.07) is 2.63. The standard InChI is InChI=1S/C13H17F3N4O/c1-12(2,3)17-7-9-6-10(21-19-9)8-20-5-4-11(18-20)13(14,15)16/h4-6,17H,7-8H2,1-3H3. The van der Waals surface area contributed by atoms with Crippen molar-refractivity contribution in [1.29, 1.82) is 0 Å². The Morgan fingerprint density at radius 2 is 2.00 bits per heavy atom.